The summed E-state index contributed by atoms with van der Waals surface area (Å²) >= 11 is 0. The van der Waals surface area contributed by atoms with Gasteiger partial charge in [0, 0.05) is 17.5 Å². The second-order valence-corrected chi connectivity index (χ2v) is 6.05. The number of aryl methyl sites for hydroxylation is 1. The lowest BCUT2D eigenvalue weighted by atomic mass is 9.86. The van der Waals surface area contributed by atoms with Crippen molar-refractivity contribution in [3.8, 4) is 0 Å². The number of anilines is 1. The lowest BCUT2D eigenvalue weighted by Crippen LogP contribution is -2.20. The number of hydrogen-bond donors (Lipinski definition) is 1. The van der Waals surface area contributed by atoms with Crippen molar-refractivity contribution in [1.82, 2.24) is 9.97 Å². The largest absolute Gasteiger partial charge is 0.368 e. The Morgan fingerprint density at radius 1 is 1.10 bits per heavy atom. The molecule has 0 saturated heterocycles. The SMILES string of the molecule is Cc1nc(N)nc(C(C)(C)C)c1Cc1ccc(F)cc1. The molecule has 0 amide bonds. The molecule has 0 aliphatic rings. The summed E-state index contributed by atoms with van der Waals surface area (Å²) in [5.41, 5.74) is 9.59. The predicted octanol–water partition coefficient (Wildman–Crippen LogP) is 3.39. The molecule has 1 aromatic heterocycles. The lowest BCUT2D eigenvalue weighted by molar-refractivity contribution is 0.559. The van der Waals surface area contributed by atoms with E-state index in [1.165, 1.54) is 12.1 Å². The van der Waals surface area contributed by atoms with E-state index in [-0.39, 0.29) is 11.2 Å². The van der Waals surface area contributed by atoms with Crippen LogP contribution in [0.4, 0.5) is 10.3 Å². The van der Waals surface area contributed by atoms with Crippen LogP contribution in [0.1, 0.15) is 43.3 Å². The first-order valence-electron chi connectivity index (χ1n) is 6.65. The monoisotopic (exact) mass is 273 g/mol. The van der Waals surface area contributed by atoms with Crippen molar-refractivity contribution in [2.75, 3.05) is 5.73 Å². The molecule has 106 valence electrons. The maximum atomic E-state index is 13.0. The van der Waals surface area contributed by atoms with Gasteiger partial charge in [0.1, 0.15) is 5.82 Å². The molecule has 1 heterocycles. The van der Waals surface area contributed by atoms with Crippen LogP contribution in [-0.4, -0.2) is 9.97 Å². The zero-order valence-electron chi connectivity index (χ0n) is 12.4. The number of hydrogen-bond acceptors (Lipinski definition) is 3. The quantitative estimate of drug-likeness (QED) is 0.912. The van der Waals surface area contributed by atoms with Gasteiger partial charge in [-0.15, -0.1) is 0 Å². The number of halogens is 1. The average Bonchev–Trinajstić information content (AvgIpc) is 2.33. The molecular formula is C16H20FN3. The van der Waals surface area contributed by atoms with Gasteiger partial charge >= 0.3 is 0 Å². The molecular weight excluding hydrogens is 253 g/mol. The first-order valence-corrected chi connectivity index (χ1v) is 6.65. The Labute approximate surface area is 119 Å². The van der Waals surface area contributed by atoms with Crippen LogP contribution in [0.2, 0.25) is 0 Å². The fourth-order valence-corrected chi connectivity index (χ4v) is 2.26. The fourth-order valence-electron chi connectivity index (χ4n) is 2.26. The zero-order chi connectivity index (χ0) is 14.9. The molecule has 0 unspecified atom stereocenters. The molecule has 1 aromatic carbocycles. The summed E-state index contributed by atoms with van der Waals surface area (Å²) in [7, 11) is 0. The zero-order valence-corrected chi connectivity index (χ0v) is 12.4. The van der Waals surface area contributed by atoms with Gasteiger partial charge in [0.05, 0.1) is 5.69 Å². The number of aromatic nitrogens is 2. The smallest absolute Gasteiger partial charge is 0.220 e. The van der Waals surface area contributed by atoms with Crippen molar-refractivity contribution >= 4 is 5.95 Å². The molecule has 0 spiro atoms. The van der Waals surface area contributed by atoms with Crippen molar-refractivity contribution < 1.29 is 4.39 Å². The van der Waals surface area contributed by atoms with Crippen molar-refractivity contribution in [1.29, 1.82) is 0 Å². The molecule has 0 aliphatic carbocycles. The fraction of sp³-hybridized carbons (Fsp3) is 0.375. The Bertz CT molecular complexity index is 613. The third-order valence-electron chi connectivity index (χ3n) is 3.24. The summed E-state index contributed by atoms with van der Waals surface area (Å²) < 4.78 is 13.0. The van der Waals surface area contributed by atoms with Gasteiger partial charge < -0.3 is 5.73 Å². The van der Waals surface area contributed by atoms with Gasteiger partial charge in [-0.1, -0.05) is 32.9 Å². The highest BCUT2D eigenvalue weighted by Crippen LogP contribution is 2.28. The standard InChI is InChI=1S/C16H20FN3/c1-10-13(9-11-5-7-12(17)8-6-11)14(16(2,3)4)20-15(18)19-10/h5-8H,9H2,1-4H3,(H2,18,19,20). The molecule has 0 bridgehead atoms. The summed E-state index contributed by atoms with van der Waals surface area (Å²) in [5, 5.41) is 0. The molecule has 0 saturated carbocycles. The Morgan fingerprint density at radius 2 is 1.70 bits per heavy atom. The van der Waals surface area contributed by atoms with Crippen LogP contribution < -0.4 is 5.73 Å². The third-order valence-corrected chi connectivity index (χ3v) is 3.24. The number of nitrogens with two attached hydrogens (primary N) is 1. The molecule has 2 aromatic rings. The minimum absolute atomic E-state index is 0.114. The Morgan fingerprint density at radius 3 is 2.25 bits per heavy atom. The van der Waals surface area contributed by atoms with E-state index in [2.05, 4.69) is 30.7 Å². The third kappa shape index (κ3) is 3.13. The van der Waals surface area contributed by atoms with Gasteiger partial charge in [-0.05, 0) is 30.2 Å². The Hall–Kier alpha value is -1.97. The van der Waals surface area contributed by atoms with Crippen molar-refractivity contribution in [3.63, 3.8) is 0 Å². The van der Waals surface area contributed by atoms with Gasteiger partial charge in [0.15, 0.2) is 0 Å². The Kier molecular flexibility index (Phi) is 3.75. The second kappa shape index (κ2) is 5.19. The van der Waals surface area contributed by atoms with Crippen molar-refractivity contribution in [2.24, 2.45) is 0 Å². The molecule has 20 heavy (non-hydrogen) atoms. The van der Waals surface area contributed by atoms with Gasteiger partial charge in [0.25, 0.3) is 0 Å². The molecule has 0 atom stereocenters. The molecule has 2 rings (SSSR count). The summed E-state index contributed by atoms with van der Waals surface area (Å²) in [5.74, 6) is 0.0744. The van der Waals surface area contributed by atoms with Crippen LogP contribution in [0.3, 0.4) is 0 Å². The minimum Gasteiger partial charge on any atom is -0.368 e. The maximum Gasteiger partial charge on any atom is 0.220 e. The van der Waals surface area contributed by atoms with Crippen LogP contribution in [0.25, 0.3) is 0 Å². The highest BCUT2D eigenvalue weighted by Gasteiger charge is 2.22. The second-order valence-electron chi connectivity index (χ2n) is 6.05. The van der Waals surface area contributed by atoms with E-state index in [1.807, 2.05) is 6.92 Å². The molecule has 2 N–H and O–H groups in total. The van der Waals surface area contributed by atoms with E-state index in [0.717, 1.165) is 22.5 Å². The number of benzene rings is 1. The summed E-state index contributed by atoms with van der Waals surface area (Å²) in [4.78, 5) is 8.67. The molecule has 4 heteroatoms. The van der Waals surface area contributed by atoms with E-state index < -0.39 is 0 Å². The first-order chi connectivity index (χ1) is 9.27. The van der Waals surface area contributed by atoms with Crippen LogP contribution in [0.5, 0.6) is 0 Å². The van der Waals surface area contributed by atoms with Crippen LogP contribution in [0, 0.1) is 12.7 Å². The van der Waals surface area contributed by atoms with Crippen LogP contribution in [-0.2, 0) is 11.8 Å². The highest BCUT2D eigenvalue weighted by molar-refractivity contribution is 5.38. The normalized spacial score (nSPS) is 11.7. The maximum absolute atomic E-state index is 13.0. The topological polar surface area (TPSA) is 51.8 Å². The predicted molar refractivity (Wildman–Crippen MR) is 79.1 cm³/mol. The lowest BCUT2D eigenvalue weighted by Gasteiger charge is -2.23. The average molecular weight is 273 g/mol. The molecule has 0 aliphatic heterocycles. The minimum atomic E-state index is -0.227. The summed E-state index contributed by atoms with van der Waals surface area (Å²) in [6.07, 6.45) is 0.680. The molecule has 3 nitrogen and oxygen atoms in total. The first kappa shape index (κ1) is 14.4. The Balaban J connectivity index is 2.47. The van der Waals surface area contributed by atoms with E-state index in [0.29, 0.717) is 12.4 Å². The molecule has 0 radical (unpaired) electrons. The number of rotatable bonds is 2. The number of nitrogens with zero attached hydrogens (tertiary/aromatic N) is 2. The van der Waals surface area contributed by atoms with Gasteiger partial charge in [0.2, 0.25) is 5.95 Å². The number of nitrogen functional groups attached to an aromatic ring is 1. The summed E-state index contributed by atoms with van der Waals surface area (Å²) in [6.45, 7) is 8.24. The van der Waals surface area contributed by atoms with Gasteiger partial charge in [-0.3, -0.25) is 0 Å². The highest BCUT2D eigenvalue weighted by atomic mass is 19.1. The molecule has 0 fully saturated rings. The van der Waals surface area contributed by atoms with E-state index in [9.17, 15) is 4.39 Å². The van der Waals surface area contributed by atoms with E-state index in [4.69, 9.17) is 5.73 Å². The van der Waals surface area contributed by atoms with E-state index >= 15 is 0 Å². The van der Waals surface area contributed by atoms with Gasteiger partial charge in [-0.2, -0.15) is 0 Å². The van der Waals surface area contributed by atoms with Crippen molar-refractivity contribution in [2.45, 2.75) is 39.5 Å². The van der Waals surface area contributed by atoms with Crippen LogP contribution in [0.15, 0.2) is 24.3 Å². The van der Waals surface area contributed by atoms with Crippen LogP contribution >= 0.6 is 0 Å². The van der Waals surface area contributed by atoms with Crippen molar-refractivity contribution in [3.05, 3.63) is 52.6 Å². The van der Waals surface area contributed by atoms with E-state index in [1.54, 1.807) is 12.1 Å². The summed E-state index contributed by atoms with van der Waals surface area (Å²) in [6, 6.07) is 6.52. The van der Waals surface area contributed by atoms with Gasteiger partial charge in [-0.25, -0.2) is 14.4 Å².